The zero-order valence-electron chi connectivity index (χ0n) is 9.53. The molecule has 82 valence electrons. The van der Waals surface area contributed by atoms with E-state index in [0.29, 0.717) is 0 Å². The van der Waals surface area contributed by atoms with Crippen LogP contribution in [0.1, 0.15) is 32.3 Å². The number of aliphatic hydroxyl groups is 1. The summed E-state index contributed by atoms with van der Waals surface area (Å²) in [6, 6.07) is 8.17. The molecule has 1 saturated heterocycles. The normalized spacial score (nSPS) is 17.1. The second-order valence-corrected chi connectivity index (χ2v) is 4.77. The van der Waals surface area contributed by atoms with Crippen LogP contribution in [-0.4, -0.2) is 18.2 Å². The third kappa shape index (κ3) is 2.15. The molecule has 1 aromatic rings. The molecule has 1 fully saturated rings. The predicted molar refractivity (Wildman–Crippen MR) is 63.1 cm³/mol. The van der Waals surface area contributed by atoms with E-state index in [-0.39, 0.29) is 0 Å². The highest BCUT2D eigenvalue weighted by molar-refractivity contribution is 5.56. The third-order valence-electron chi connectivity index (χ3n) is 3.01. The summed E-state index contributed by atoms with van der Waals surface area (Å²) in [5.41, 5.74) is 1.48. The molecular weight excluding hydrogens is 186 g/mol. The van der Waals surface area contributed by atoms with E-state index in [4.69, 9.17) is 0 Å². The average Bonchev–Trinajstić information content (AvgIpc) is 2.69. The molecule has 0 aliphatic carbocycles. The molecule has 0 amide bonds. The molecule has 1 aromatic carbocycles. The van der Waals surface area contributed by atoms with Gasteiger partial charge in [-0.3, -0.25) is 0 Å². The van der Waals surface area contributed by atoms with E-state index in [2.05, 4.69) is 11.0 Å². The number of nitrogens with zero attached hydrogens (tertiary/aromatic N) is 1. The highest BCUT2D eigenvalue weighted by Gasteiger charge is 2.23. The maximum Gasteiger partial charge on any atom is 0.0860 e. The van der Waals surface area contributed by atoms with E-state index in [1.807, 2.05) is 32.0 Å². The molecule has 0 bridgehead atoms. The van der Waals surface area contributed by atoms with Crippen molar-refractivity contribution in [1.82, 2.24) is 0 Å². The Morgan fingerprint density at radius 1 is 1.13 bits per heavy atom. The number of anilines is 1. The van der Waals surface area contributed by atoms with Crippen LogP contribution in [0.15, 0.2) is 24.3 Å². The zero-order valence-corrected chi connectivity index (χ0v) is 9.53. The Morgan fingerprint density at radius 2 is 1.73 bits per heavy atom. The van der Waals surface area contributed by atoms with Crippen LogP contribution in [0.4, 0.5) is 5.69 Å². The molecule has 0 saturated carbocycles. The van der Waals surface area contributed by atoms with Gasteiger partial charge < -0.3 is 10.0 Å². The minimum Gasteiger partial charge on any atom is -0.386 e. The molecule has 1 aliphatic heterocycles. The first kappa shape index (κ1) is 10.5. The zero-order chi connectivity index (χ0) is 10.9. The number of para-hydroxylation sites is 1. The molecule has 15 heavy (non-hydrogen) atoms. The Hall–Kier alpha value is -1.02. The van der Waals surface area contributed by atoms with E-state index < -0.39 is 5.60 Å². The molecule has 2 nitrogen and oxygen atoms in total. The highest BCUT2D eigenvalue weighted by atomic mass is 16.3. The number of hydrogen-bond donors (Lipinski definition) is 1. The van der Waals surface area contributed by atoms with Crippen molar-refractivity contribution in [2.45, 2.75) is 32.3 Å². The monoisotopic (exact) mass is 205 g/mol. The fraction of sp³-hybridized carbons (Fsp3) is 0.538. The van der Waals surface area contributed by atoms with Crippen molar-refractivity contribution in [3.05, 3.63) is 29.8 Å². The molecule has 0 unspecified atom stereocenters. The average molecular weight is 205 g/mol. The van der Waals surface area contributed by atoms with Gasteiger partial charge in [-0.05, 0) is 32.8 Å². The van der Waals surface area contributed by atoms with E-state index >= 15 is 0 Å². The minimum atomic E-state index is -0.751. The smallest absolute Gasteiger partial charge is 0.0860 e. The fourth-order valence-electron chi connectivity index (χ4n) is 2.22. The molecule has 2 rings (SSSR count). The van der Waals surface area contributed by atoms with Gasteiger partial charge in [-0.25, -0.2) is 0 Å². The number of hydrogen-bond acceptors (Lipinski definition) is 2. The van der Waals surface area contributed by atoms with Gasteiger partial charge in [0.15, 0.2) is 0 Å². The summed E-state index contributed by atoms with van der Waals surface area (Å²) in [5, 5.41) is 10.1. The molecule has 2 heteroatoms. The lowest BCUT2D eigenvalue weighted by Crippen LogP contribution is -2.24. The largest absolute Gasteiger partial charge is 0.386 e. The van der Waals surface area contributed by atoms with Gasteiger partial charge in [-0.2, -0.15) is 0 Å². The van der Waals surface area contributed by atoms with Gasteiger partial charge in [0.2, 0.25) is 0 Å². The maximum atomic E-state index is 10.1. The minimum absolute atomic E-state index is 0.751. The van der Waals surface area contributed by atoms with E-state index in [9.17, 15) is 5.11 Å². The summed E-state index contributed by atoms with van der Waals surface area (Å²) in [5.74, 6) is 0. The molecule has 0 spiro atoms. The molecule has 1 aliphatic rings. The standard InChI is InChI=1S/C13H19NO/c1-13(2,15)11-7-3-4-8-12(11)14-9-5-6-10-14/h3-4,7-8,15H,5-6,9-10H2,1-2H3. The van der Waals surface area contributed by atoms with Crippen LogP contribution in [0.5, 0.6) is 0 Å². The van der Waals surface area contributed by atoms with Gasteiger partial charge in [0.1, 0.15) is 0 Å². The van der Waals surface area contributed by atoms with Gasteiger partial charge in [-0.15, -0.1) is 0 Å². The van der Waals surface area contributed by atoms with Crippen LogP contribution < -0.4 is 4.90 Å². The van der Waals surface area contributed by atoms with Crippen molar-refractivity contribution in [2.75, 3.05) is 18.0 Å². The van der Waals surface area contributed by atoms with Crippen molar-refractivity contribution < 1.29 is 5.11 Å². The van der Waals surface area contributed by atoms with Gasteiger partial charge >= 0.3 is 0 Å². The highest BCUT2D eigenvalue weighted by Crippen LogP contribution is 2.31. The second-order valence-electron chi connectivity index (χ2n) is 4.77. The lowest BCUT2D eigenvalue weighted by atomic mass is 9.96. The maximum absolute atomic E-state index is 10.1. The number of benzene rings is 1. The van der Waals surface area contributed by atoms with Gasteiger partial charge in [0, 0.05) is 24.3 Å². The van der Waals surface area contributed by atoms with Crippen molar-refractivity contribution in [2.24, 2.45) is 0 Å². The van der Waals surface area contributed by atoms with Crippen molar-refractivity contribution in [1.29, 1.82) is 0 Å². The van der Waals surface area contributed by atoms with Gasteiger partial charge in [0.25, 0.3) is 0 Å². The lowest BCUT2D eigenvalue weighted by Gasteiger charge is -2.27. The van der Waals surface area contributed by atoms with Crippen LogP contribution in [-0.2, 0) is 5.60 Å². The van der Waals surface area contributed by atoms with E-state index in [1.54, 1.807) is 0 Å². The molecule has 0 atom stereocenters. The topological polar surface area (TPSA) is 23.5 Å². The fourth-order valence-corrected chi connectivity index (χ4v) is 2.22. The SMILES string of the molecule is CC(C)(O)c1ccccc1N1CCCC1. The van der Waals surface area contributed by atoms with Crippen LogP contribution in [0.2, 0.25) is 0 Å². The van der Waals surface area contributed by atoms with Crippen LogP contribution >= 0.6 is 0 Å². The second kappa shape index (κ2) is 3.86. The molecule has 0 radical (unpaired) electrons. The quantitative estimate of drug-likeness (QED) is 0.802. The Bertz CT molecular complexity index is 335. The predicted octanol–water partition coefficient (Wildman–Crippen LogP) is 2.51. The summed E-state index contributed by atoms with van der Waals surface area (Å²) < 4.78 is 0. The Balaban J connectivity index is 2.37. The van der Waals surface area contributed by atoms with Crippen molar-refractivity contribution in [3.8, 4) is 0 Å². The van der Waals surface area contributed by atoms with Gasteiger partial charge in [0.05, 0.1) is 5.60 Å². The summed E-state index contributed by atoms with van der Waals surface area (Å²) >= 11 is 0. The van der Waals surface area contributed by atoms with E-state index in [0.717, 1.165) is 18.7 Å². The van der Waals surface area contributed by atoms with Gasteiger partial charge in [-0.1, -0.05) is 18.2 Å². The summed E-state index contributed by atoms with van der Waals surface area (Å²) in [7, 11) is 0. The van der Waals surface area contributed by atoms with Crippen LogP contribution in [0.3, 0.4) is 0 Å². The van der Waals surface area contributed by atoms with Crippen LogP contribution in [0, 0.1) is 0 Å². The Labute approximate surface area is 91.5 Å². The van der Waals surface area contributed by atoms with Crippen LogP contribution in [0.25, 0.3) is 0 Å². The van der Waals surface area contributed by atoms with E-state index in [1.165, 1.54) is 18.5 Å². The summed E-state index contributed by atoms with van der Waals surface area (Å²) in [6.45, 7) is 5.93. The molecule has 1 N–H and O–H groups in total. The Morgan fingerprint density at radius 3 is 2.33 bits per heavy atom. The summed E-state index contributed by atoms with van der Waals surface area (Å²) in [4.78, 5) is 2.37. The number of rotatable bonds is 2. The lowest BCUT2D eigenvalue weighted by molar-refractivity contribution is 0.0790. The molecule has 0 aromatic heterocycles. The van der Waals surface area contributed by atoms with Crippen molar-refractivity contribution >= 4 is 5.69 Å². The first-order chi connectivity index (χ1) is 7.09. The third-order valence-corrected chi connectivity index (χ3v) is 3.01. The first-order valence-electron chi connectivity index (χ1n) is 5.66. The molecular formula is C13H19NO. The Kier molecular flexibility index (Phi) is 2.70. The van der Waals surface area contributed by atoms with Crippen molar-refractivity contribution in [3.63, 3.8) is 0 Å². The molecule has 1 heterocycles. The first-order valence-corrected chi connectivity index (χ1v) is 5.66. The summed E-state index contributed by atoms with van der Waals surface area (Å²) in [6.07, 6.45) is 2.53.